The maximum atomic E-state index is 5.94. The zero-order valence-corrected chi connectivity index (χ0v) is 8.92. The lowest BCUT2D eigenvalue weighted by Gasteiger charge is -2.02. The normalized spacial score (nSPS) is 10.5. The van der Waals surface area contributed by atoms with Gasteiger partial charge in [-0.3, -0.25) is 4.68 Å². The van der Waals surface area contributed by atoms with Gasteiger partial charge >= 0.3 is 0 Å². The van der Waals surface area contributed by atoms with Crippen molar-refractivity contribution >= 4 is 11.6 Å². The summed E-state index contributed by atoms with van der Waals surface area (Å²) in [5.74, 6) is 0. The van der Waals surface area contributed by atoms with Crippen LogP contribution in [0.2, 0.25) is 5.02 Å². The van der Waals surface area contributed by atoms with E-state index in [1.807, 2.05) is 37.5 Å². The van der Waals surface area contributed by atoms with Crippen molar-refractivity contribution in [3.8, 4) is 11.3 Å². The van der Waals surface area contributed by atoms with Gasteiger partial charge in [0.05, 0.1) is 5.69 Å². The average molecular weight is 207 g/mol. The van der Waals surface area contributed by atoms with Crippen LogP contribution in [-0.2, 0) is 7.05 Å². The van der Waals surface area contributed by atoms with Crippen molar-refractivity contribution < 1.29 is 0 Å². The highest BCUT2D eigenvalue weighted by Gasteiger charge is 2.04. The zero-order chi connectivity index (χ0) is 10.1. The van der Waals surface area contributed by atoms with Crippen LogP contribution in [-0.4, -0.2) is 9.78 Å². The van der Waals surface area contributed by atoms with Crippen LogP contribution in [0, 0.1) is 6.92 Å². The van der Waals surface area contributed by atoms with E-state index in [4.69, 9.17) is 11.6 Å². The highest BCUT2D eigenvalue weighted by molar-refractivity contribution is 6.30. The van der Waals surface area contributed by atoms with Crippen LogP contribution >= 0.6 is 11.6 Å². The van der Waals surface area contributed by atoms with Crippen LogP contribution < -0.4 is 0 Å². The summed E-state index contributed by atoms with van der Waals surface area (Å²) < 4.78 is 1.79. The van der Waals surface area contributed by atoms with Crippen LogP contribution in [0.4, 0.5) is 0 Å². The third-order valence-electron chi connectivity index (χ3n) is 2.19. The Bertz CT molecular complexity index is 460. The highest BCUT2D eigenvalue weighted by Crippen LogP contribution is 2.24. The molecule has 3 heteroatoms. The predicted molar refractivity (Wildman–Crippen MR) is 58.4 cm³/mol. The Morgan fingerprint density at radius 3 is 2.71 bits per heavy atom. The third kappa shape index (κ3) is 1.66. The van der Waals surface area contributed by atoms with Gasteiger partial charge in [-0.25, -0.2) is 0 Å². The molecule has 72 valence electrons. The Labute approximate surface area is 88.1 Å². The van der Waals surface area contributed by atoms with E-state index in [0.717, 1.165) is 16.3 Å². The molecule has 1 aromatic heterocycles. The molecule has 0 spiro atoms. The molecule has 2 aromatic rings. The maximum Gasteiger partial charge on any atom is 0.0926 e. The molecule has 0 saturated heterocycles. The Kier molecular flexibility index (Phi) is 2.30. The van der Waals surface area contributed by atoms with Crippen molar-refractivity contribution in [3.63, 3.8) is 0 Å². The predicted octanol–water partition coefficient (Wildman–Crippen LogP) is 3.05. The second-order valence-electron chi connectivity index (χ2n) is 3.33. The van der Waals surface area contributed by atoms with Gasteiger partial charge in [-0.1, -0.05) is 17.7 Å². The van der Waals surface area contributed by atoms with Gasteiger partial charge in [-0.15, -0.1) is 0 Å². The molecule has 0 aliphatic carbocycles. The molecule has 0 atom stereocenters. The van der Waals surface area contributed by atoms with Crippen molar-refractivity contribution in [1.82, 2.24) is 9.78 Å². The number of hydrogen-bond acceptors (Lipinski definition) is 1. The zero-order valence-electron chi connectivity index (χ0n) is 8.16. The fraction of sp³-hybridized carbons (Fsp3) is 0.182. The molecular weight excluding hydrogens is 196 g/mol. The highest BCUT2D eigenvalue weighted by atomic mass is 35.5. The van der Waals surface area contributed by atoms with Gasteiger partial charge in [0, 0.05) is 23.8 Å². The molecule has 1 heterocycles. The SMILES string of the molecule is Cc1ccc(Cl)cc1-c1ccn(C)n1. The Morgan fingerprint density at radius 2 is 2.07 bits per heavy atom. The Morgan fingerprint density at radius 1 is 1.29 bits per heavy atom. The molecule has 0 N–H and O–H groups in total. The summed E-state index contributed by atoms with van der Waals surface area (Å²) in [6.45, 7) is 2.06. The Balaban J connectivity index is 2.55. The lowest BCUT2D eigenvalue weighted by atomic mass is 10.1. The minimum Gasteiger partial charge on any atom is -0.275 e. The van der Waals surface area contributed by atoms with Gasteiger partial charge in [0.15, 0.2) is 0 Å². The number of halogens is 1. The summed E-state index contributed by atoms with van der Waals surface area (Å²) in [7, 11) is 1.91. The lowest BCUT2D eigenvalue weighted by Crippen LogP contribution is -1.89. The number of aromatic nitrogens is 2. The van der Waals surface area contributed by atoms with E-state index in [0.29, 0.717) is 0 Å². The molecular formula is C11H11ClN2. The largest absolute Gasteiger partial charge is 0.275 e. The first kappa shape index (κ1) is 9.28. The molecule has 0 bridgehead atoms. The van der Waals surface area contributed by atoms with Crippen LogP contribution in [0.1, 0.15) is 5.56 Å². The molecule has 0 aliphatic heterocycles. The fourth-order valence-electron chi connectivity index (χ4n) is 1.43. The number of rotatable bonds is 1. The van der Waals surface area contributed by atoms with Gasteiger partial charge in [0.1, 0.15) is 0 Å². The topological polar surface area (TPSA) is 17.8 Å². The summed E-state index contributed by atoms with van der Waals surface area (Å²) >= 11 is 5.94. The average Bonchev–Trinajstić information content (AvgIpc) is 2.56. The van der Waals surface area contributed by atoms with Crippen molar-refractivity contribution in [3.05, 3.63) is 41.0 Å². The van der Waals surface area contributed by atoms with E-state index < -0.39 is 0 Å². The Hall–Kier alpha value is -1.28. The number of nitrogens with zero attached hydrogens (tertiary/aromatic N) is 2. The van der Waals surface area contributed by atoms with Crippen molar-refractivity contribution in [1.29, 1.82) is 0 Å². The summed E-state index contributed by atoms with van der Waals surface area (Å²) in [4.78, 5) is 0. The summed E-state index contributed by atoms with van der Waals surface area (Å²) in [5.41, 5.74) is 3.25. The second kappa shape index (κ2) is 3.46. The van der Waals surface area contributed by atoms with Gasteiger partial charge in [0.2, 0.25) is 0 Å². The molecule has 14 heavy (non-hydrogen) atoms. The quantitative estimate of drug-likeness (QED) is 0.701. The number of hydrogen-bond donors (Lipinski definition) is 0. The molecule has 2 rings (SSSR count). The molecule has 0 amide bonds. The summed E-state index contributed by atoms with van der Waals surface area (Å²) in [6, 6.07) is 7.83. The van der Waals surface area contributed by atoms with Gasteiger partial charge in [-0.2, -0.15) is 5.10 Å². The van der Waals surface area contributed by atoms with Crippen molar-refractivity contribution in [2.75, 3.05) is 0 Å². The molecule has 0 unspecified atom stereocenters. The van der Waals surface area contributed by atoms with E-state index in [-0.39, 0.29) is 0 Å². The van der Waals surface area contributed by atoms with Crippen molar-refractivity contribution in [2.24, 2.45) is 7.05 Å². The smallest absolute Gasteiger partial charge is 0.0926 e. The second-order valence-corrected chi connectivity index (χ2v) is 3.77. The van der Waals surface area contributed by atoms with Crippen LogP contribution in [0.5, 0.6) is 0 Å². The first-order chi connectivity index (χ1) is 6.66. The third-order valence-corrected chi connectivity index (χ3v) is 2.42. The molecule has 2 nitrogen and oxygen atoms in total. The van der Waals surface area contributed by atoms with E-state index in [1.165, 1.54) is 5.56 Å². The first-order valence-corrected chi connectivity index (χ1v) is 4.81. The van der Waals surface area contributed by atoms with E-state index in [1.54, 1.807) is 4.68 Å². The van der Waals surface area contributed by atoms with Crippen molar-refractivity contribution in [2.45, 2.75) is 6.92 Å². The monoisotopic (exact) mass is 206 g/mol. The van der Waals surface area contributed by atoms with Gasteiger partial charge < -0.3 is 0 Å². The number of benzene rings is 1. The fourth-order valence-corrected chi connectivity index (χ4v) is 1.60. The van der Waals surface area contributed by atoms with Crippen LogP contribution in [0.25, 0.3) is 11.3 Å². The minimum atomic E-state index is 0.747. The number of aryl methyl sites for hydroxylation is 2. The first-order valence-electron chi connectivity index (χ1n) is 4.43. The van der Waals surface area contributed by atoms with E-state index >= 15 is 0 Å². The van der Waals surface area contributed by atoms with Crippen LogP contribution in [0.15, 0.2) is 30.5 Å². The minimum absolute atomic E-state index is 0.747. The molecule has 0 saturated carbocycles. The maximum absolute atomic E-state index is 5.94. The molecule has 1 aromatic carbocycles. The molecule has 0 radical (unpaired) electrons. The molecule has 0 aliphatic rings. The summed E-state index contributed by atoms with van der Waals surface area (Å²) in [6.07, 6.45) is 1.93. The lowest BCUT2D eigenvalue weighted by molar-refractivity contribution is 0.771. The van der Waals surface area contributed by atoms with Gasteiger partial charge in [0.25, 0.3) is 0 Å². The van der Waals surface area contributed by atoms with Gasteiger partial charge in [-0.05, 0) is 30.7 Å². The van der Waals surface area contributed by atoms with E-state index in [2.05, 4.69) is 12.0 Å². The molecule has 0 fully saturated rings. The van der Waals surface area contributed by atoms with E-state index in [9.17, 15) is 0 Å². The standard InChI is InChI=1S/C11H11ClN2/c1-8-3-4-9(12)7-10(8)11-5-6-14(2)13-11/h3-7H,1-2H3. The summed E-state index contributed by atoms with van der Waals surface area (Å²) in [5, 5.41) is 5.09. The van der Waals surface area contributed by atoms with Crippen LogP contribution in [0.3, 0.4) is 0 Å².